The molecule has 0 aliphatic carbocycles. The van der Waals surface area contributed by atoms with Crippen LogP contribution in [0.3, 0.4) is 0 Å². The quantitative estimate of drug-likeness (QED) is 0.675. The largest absolute Gasteiger partial charge is 0.349 e. The molecule has 6 heteroatoms. The molecule has 0 saturated carbocycles. The van der Waals surface area contributed by atoms with Crippen LogP contribution in [0.25, 0.3) is 0 Å². The molecule has 150 valence electrons. The van der Waals surface area contributed by atoms with Crippen molar-refractivity contribution < 1.29 is 9.18 Å². The fourth-order valence-corrected chi connectivity index (χ4v) is 3.71. The number of halogens is 1. The lowest BCUT2D eigenvalue weighted by Gasteiger charge is -2.37. The van der Waals surface area contributed by atoms with Crippen molar-refractivity contribution in [2.45, 2.75) is 32.2 Å². The van der Waals surface area contributed by atoms with E-state index in [4.69, 9.17) is 0 Å². The van der Waals surface area contributed by atoms with E-state index in [1.54, 1.807) is 12.1 Å². The zero-order valence-corrected chi connectivity index (χ0v) is 16.2. The minimum absolute atomic E-state index is 0.201. The number of aromatic nitrogens is 1. The number of hydrogen-bond acceptors (Lipinski definition) is 2. The van der Waals surface area contributed by atoms with Crippen LogP contribution in [0.2, 0.25) is 0 Å². The van der Waals surface area contributed by atoms with E-state index in [0.29, 0.717) is 13.1 Å². The zero-order chi connectivity index (χ0) is 20.1. The molecule has 2 heterocycles. The van der Waals surface area contributed by atoms with Gasteiger partial charge in [0.05, 0.1) is 0 Å². The molecule has 1 unspecified atom stereocenters. The number of amides is 2. The third-order valence-corrected chi connectivity index (χ3v) is 5.31. The van der Waals surface area contributed by atoms with Gasteiger partial charge in [-0.3, -0.25) is 4.90 Å². The first-order chi connectivity index (χ1) is 14.2. The molecule has 3 aromatic rings. The first kappa shape index (κ1) is 19.2. The molecular weight excluding hydrogens is 367 g/mol. The van der Waals surface area contributed by atoms with Crippen LogP contribution in [-0.4, -0.2) is 28.1 Å². The second-order valence-electron chi connectivity index (χ2n) is 7.39. The molecule has 1 atom stereocenters. The molecule has 0 saturated heterocycles. The van der Waals surface area contributed by atoms with Gasteiger partial charge in [-0.2, -0.15) is 0 Å². The summed E-state index contributed by atoms with van der Waals surface area (Å²) in [7, 11) is 0. The van der Waals surface area contributed by atoms with Gasteiger partial charge in [0.25, 0.3) is 0 Å². The van der Waals surface area contributed by atoms with Gasteiger partial charge >= 0.3 is 6.03 Å². The summed E-state index contributed by atoms with van der Waals surface area (Å²) in [6.45, 7) is 3.46. The number of hydrogen-bond donors (Lipinski definition) is 2. The highest BCUT2D eigenvalue weighted by molar-refractivity contribution is 5.73. The third kappa shape index (κ3) is 5.03. The number of carbonyl (C=O) groups is 1. The Hall–Kier alpha value is -3.12. The van der Waals surface area contributed by atoms with E-state index in [0.717, 1.165) is 25.2 Å². The summed E-state index contributed by atoms with van der Waals surface area (Å²) < 4.78 is 15.2. The van der Waals surface area contributed by atoms with Gasteiger partial charge in [0.1, 0.15) is 5.82 Å². The van der Waals surface area contributed by atoms with Crippen molar-refractivity contribution in [2.75, 3.05) is 6.54 Å². The first-order valence-electron chi connectivity index (χ1n) is 9.85. The Bertz CT molecular complexity index is 939. The average molecular weight is 392 g/mol. The lowest BCUT2D eigenvalue weighted by molar-refractivity contribution is 0.130. The number of rotatable bonds is 6. The van der Waals surface area contributed by atoms with Crippen LogP contribution in [-0.2, 0) is 26.2 Å². The van der Waals surface area contributed by atoms with E-state index in [1.807, 2.05) is 6.07 Å². The highest BCUT2D eigenvalue weighted by Gasteiger charge is 2.26. The van der Waals surface area contributed by atoms with Gasteiger partial charge in [-0.25, -0.2) is 9.18 Å². The average Bonchev–Trinajstić information content (AvgIpc) is 3.19. The second kappa shape index (κ2) is 8.92. The lowest BCUT2D eigenvalue weighted by Crippen LogP contribution is -2.50. The number of nitrogens with zero attached hydrogens (tertiary/aromatic N) is 2. The molecule has 1 aliphatic rings. The van der Waals surface area contributed by atoms with Crippen LogP contribution in [0, 0.1) is 5.82 Å². The minimum atomic E-state index is -0.279. The standard InChI is InChI=1S/C23H25FN4O/c24-20-10-8-18(9-11-20)13-25-23(29)26-14-22-17-27-12-4-7-21(27)16-28(22)15-19-5-2-1-3-6-19/h1-12,22H,13-17H2,(H2,25,26,29). The van der Waals surface area contributed by atoms with E-state index in [1.165, 1.54) is 23.4 Å². The van der Waals surface area contributed by atoms with E-state index >= 15 is 0 Å². The fourth-order valence-electron chi connectivity index (χ4n) is 3.71. The van der Waals surface area contributed by atoms with Crippen molar-refractivity contribution in [3.63, 3.8) is 0 Å². The molecule has 5 nitrogen and oxygen atoms in total. The Morgan fingerprint density at radius 3 is 2.55 bits per heavy atom. The van der Waals surface area contributed by atoms with Crippen LogP contribution in [0.4, 0.5) is 9.18 Å². The monoisotopic (exact) mass is 392 g/mol. The van der Waals surface area contributed by atoms with Gasteiger partial charge in [0.15, 0.2) is 0 Å². The molecule has 2 N–H and O–H groups in total. The molecule has 0 fully saturated rings. The highest BCUT2D eigenvalue weighted by atomic mass is 19.1. The Labute approximate surface area is 170 Å². The molecule has 0 spiro atoms. The number of carbonyl (C=O) groups excluding carboxylic acids is 1. The van der Waals surface area contributed by atoms with Crippen LogP contribution < -0.4 is 10.6 Å². The molecule has 2 aromatic carbocycles. The minimum Gasteiger partial charge on any atom is -0.349 e. The van der Waals surface area contributed by atoms with Crippen LogP contribution >= 0.6 is 0 Å². The molecule has 1 aromatic heterocycles. The molecule has 2 amide bonds. The predicted octanol–water partition coefficient (Wildman–Crippen LogP) is 3.51. The number of fused-ring (bicyclic) bond motifs is 1. The Kier molecular flexibility index (Phi) is 5.91. The van der Waals surface area contributed by atoms with E-state index < -0.39 is 0 Å². The molecule has 0 radical (unpaired) electrons. The van der Waals surface area contributed by atoms with E-state index in [9.17, 15) is 9.18 Å². The van der Waals surface area contributed by atoms with Gasteiger partial charge < -0.3 is 15.2 Å². The molecule has 29 heavy (non-hydrogen) atoms. The third-order valence-electron chi connectivity index (χ3n) is 5.31. The van der Waals surface area contributed by atoms with Gasteiger partial charge in [0, 0.05) is 50.7 Å². The van der Waals surface area contributed by atoms with Crippen LogP contribution in [0.5, 0.6) is 0 Å². The molecule has 1 aliphatic heterocycles. The van der Waals surface area contributed by atoms with Crippen molar-refractivity contribution in [3.05, 3.63) is 95.6 Å². The van der Waals surface area contributed by atoms with Crippen molar-refractivity contribution >= 4 is 6.03 Å². The Morgan fingerprint density at radius 1 is 0.966 bits per heavy atom. The summed E-state index contributed by atoms with van der Waals surface area (Å²) in [4.78, 5) is 14.7. The fraction of sp³-hybridized carbons (Fsp3) is 0.261. The summed E-state index contributed by atoms with van der Waals surface area (Å²) in [5.74, 6) is -0.279. The summed E-state index contributed by atoms with van der Waals surface area (Å²) in [6, 6.07) is 20.7. The van der Waals surface area contributed by atoms with Gasteiger partial charge in [0.2, 0.25) is 0 Å². The van der Waals surface area contributed by atoms with Crippen molar-refractivity contribution in [1.82, 2.24) is 20.1 Å². The Morgan fingerprint density at radius 2 is 1.76 bits per heavy atom. The SMILES string of the molecule is O=C(NCc1ccc(F)cc1)NCC1Cn2cccc2CN1Cc1ccccc1. The molecule has 4 rings (SSSR count). The summed E-state index contributed by atoms with van der Waals surface area (Å²) in [6.07, 6.45) is 2.09. The topological polar surface area (TPSA) is 49.3 Å². The predicted molar refractivity (Wildman–Crippen MR) is 111 cm³/mol. The van der Waals surface area contributed by atoms with Gasteiger partial charge in [-0.1, -0.05) is 42.5 Å². The second-order valence-corrected chi connectivity index (χ2v) is 7.39. The van der Waals surface area contributed by atoms with Gasteiger partial charge in [-0.05, 0) is 35.4 Å². The maximum atomic E-state index is 13.0. The van der Waals surface area contributed by atoms with Crippen molar-refractivity contribution in [2.24, 2.45) is 0 Å². The van der Waals surface area contributed by atoms with Crippen LogP contribution in [0.1, 0.15) is 16.8 Å². The number of nitrogens with one attached hydrogen (secondary N) is 2. The summed E-state index contributed by atoms with van der Waals surface area (Å²) >= 11 is 0. The molecular formula is C23H25FN4O. The first-order valence-corrected chi connectivity index (χ1v) is 9.85. The van der Waals surface area contributed by atoms with Crippen molar-refractivity contribution in [3.8, 4) is 0 Å². The van der Waals surface area contributed by atoms with Crippen molar-refractivity contribution in [1.29, 1.82) is 0 Å². The highest BCUT2D eigenvalue weighted by Crippen LogP contribution is 2.20. The molecule has 0 bridgehead atoms. The number of urea groups is 1. The maximum absolute atomic E-state index is 13.0. The Balaban J connectivity index is 1.34. The summed E-state index contributed by atoms with van der Waals surface area (Å²) in [5.41, 5.74) is 3.41. The smallest absolute Gasteiger partial charge is 0.315 e. The zero-order valence-electron chi connectivity index (χ0n) is 16.2. The van der Waals surface area contributed by atoms with Crippen LogP contribution in [0.15, 0.2) is 72.9 Å². The lowest BCUT2D eigenvalue weighted by atomic mass is 10.1. The van der Waals surface area contributed by atoms with Gasteiger partial charge in [-0.15, -0.1) is 0 Å². The number of benzene rings is 2. The van der Waals surface area contributed by atoms with E-state index in [-0.39, 0.29) is 17.9 Å². The summed E-state index contributed by atoms with van der Waals surface area (Å²) in [5, 5.41) is 5.83. The normalized spacial score (nSPS) is 16.2. The van der Waals surface area contributed by atoms with E-state index in [2.05, 4.69) is 62.7 Å². The maximum Gasteiger partial charge on any atom is 0.315 e.